The van der Waals surface area contributed by atoms with Crippen LogP contribution >= 0.6 is 0 Å². The first-order valence-electron chi connectivity index (χ1n) is 8.95. The first kappa shape index (κ1) is 21.7. The zero-order valence-corrected chi connectivity index (χ0v) is 16.7. The molecule has 0 radical (unpaired) electrons. The third-order valence-corrected chi connectivity index (χ3v) is 5.02. The molecule has 1 saturated heterocycles. The van der Waals surface area contributed by atoms with Crippen LogP contribution in [0.4, 0.5) is 26.0 Å². The van der Waals surface area contributed by atoms with E-state index in [0.29, 0.717) is 17.5 Å². The predicted molar refractivity (Wildman–Crippen MR) is 105 cm³/mol. The zero-order valence-electron chi connectivity index (χ0n) is 15.9. The minimum atomic E-state index is -2.86. The molecular weight excluding hydrogens is 420 g/mol. The molecule has 1 unspecified atom stereocenters. The van der Waals surface area contributed by atoms with Crippen molar-refractivity contribution < 1.29 is 27.1 Å². The quantitative estimate of drug-likeness (QED) is 0.668. The smallest absolute Gasteiger partial charge is 0.261 e. The van der Waals surface area contributed by atoms with Crippen molar-refractivity contribution in [2.45, 2.75) is 19.8 Å². The van der Waals surface area contributed by atoms with Crippen LogP contribution in [0, 0.1) is 11.6 Å². The van der Waals surface area contributed by atoms with Gasteiger partial charge in [-0.2, -0.15) is 0 Å². The van der Waals surface area contributed by atoms with Gasteiger partial charge >= 0.3 is 0 Å². The highest BCUT2D eigenvalue weighted by Crippen LogP contribution is 2.29. The maximum Gasteiger partial charge on any atom is 0.261 e. The lowest BCUT2D eigenvalue weighted by atomic mass is 10.1. The van der Waals surface area contributed by atoms with Gasteiger partial charge in [-0.3, -0.25) is 13.8 Å². The molecule has 2 N–H and O–H groups in total. The van der Waals surface area contributed by atoms with E-state index in [-0.39, 0.29) is 17.4 Å². The summed E-state index contributed by atoms with van der Waals surface area (Å²) in [5.74, 6) is -3.65. The molecule has 30 heavy (non-hydrogen) atoms. The van der Waals surface area contributed by atoms with Crippen molar-refractivity contribution in [3.05, 3.63) is 47.7 Å². The number of rotatable bonds is 6. The van der Waals surface area contributed by atoms with Crippen molar-refractivity contribution in [2.75, 3.05) is 28.1 Å². The summed E-state index contributed by atoms with van der Waals surface area (Å²) in [6.07, 6.45) is 2.66. The molecule has 9 nitrogen and oxygen atoms in total. The maximum absolute atomic E-state index is 15.1. The number of amides is 2. The first-order valence-corrected chi connectivity index (χ1v) is 9.98. The number of hydrogen-bond acceptors (Lipinski definition) is 6. The molecule has 0 aliphatic carbocycles. The topological polar surface area (TPSA) is 118 Å². The van der Waals surface area contributed by atoms with Gasteiger partial charge in [0, 0.05) is 20.0 Å². The van der Waals surface area contributed by atoms with E-state index < -0.39 is 40.1 Å². The normalized spacial score (nSPS) is 14.9. The number of aromatic nitrogens is 1. The Kier molecular flexibility index (Phi) is 6.70. The van der Waals surface area contributed by atoms with Crippen LogP contribution in [0.5, 0.6) is 0 Å². The highest BCUT2D eigenvalue weighted by atomic mass is 32.2. The molecule has 1 aromatic heterocycles. The fourth-order valence-electron chi connectivity index (χ4n) is 3.02. The summed E-state index contributed by atoms with van der Waals surface area (Å²) in [6, 6.07) is 4.59. The summed E-state index contributed by atoms with van der Waals surface area (Å²) < 4.78 is 53.4. The first-order chi connectivity index (χ1) is 14.3. The van der Waals surface area contributed by atoms with Crippen LogP contribution in [0.25, 0.3) is 0 Å². The minimum absolute atomic E-state index is 0.127. The van der Waals surface area contributed by atoms with Crippen LogP contribution in [0.1, 0.15) is 30.1 Å². The van der Waals surface area contributed by atoms with Crippen molar-refractivity contribution in [2.24, 2.45) is 0 Å². The Bertz CT molecular complexity index is 983. The van der Waals surface area contributed by atoms with Crippen molar-refractivity contribution in [1.82, 2.24) is 9.99 Å². The second kappa shape index (κ2) is 9.24. The molecule has 12 heteroatoms. The summed E-state index contributed by atoms with van der Waals surface area (Å²) in [7, 11) is 0. The number of hydrazine groups is 1. The highest BCUT2D eigenvalue weighted by molar-refractivity contribution is 7.80. The van der Waals surface area contributed by atoms with Crippen molar-refractivity contribution in [3.63, 3.8) is 0 Å². The van der Waals surface area contributed by atoms with Gasteiger partial charge in [0.05, 0.1) is 23.2 Å². The van der Waals surface area contributed by atoms with E-state index in [0.717, 1.165) is 25.0 Å². The Morgan fingerprint density at radius 3 is 2.43 bits per heavy atom. The van der Waals surface area contributed by atoms with E-state index in [1.165, 1.54) is 30.3 Å². The molecule has 1 atom stereocenters. The van der Waals surface area contributed by atoms with Crippen molar-refractivity contribution in [1.29, 1.82) is 0 Å². The van der Waals surface area contributed by atoms with Crippen molar-refractivity contribution >= 4 is 40.3 Å². The van der Waals surface area contributed by atoms with Crippen LogP contribution < -0.4 is 15.0 Å². The lowest BCUT2D eigenvalue weighted by Crippen LogP contribution is -2.42. The lowest BCUT2D eigenvalue weighted by Gasteiger charge is -2.34. The van der Waals surface area contributed by atoms with Crippen molar-refractivity contribution in [3.8, 4) is 0 Å². The van der Waals surface area contributed by atoms with Crippen LogP contribution in [0.3, 0.4) is 0 Å². The van der Waals surface area contributed by atoms with E-state index in [1.54, 1.807) is 0 Å². The predicted octanol–water partition coefficient (Wildman–Crippen LogP) is 2.18. The number of carbonyl (C=O) groups excluding carboxylic acids is 2. The lowest BCUT2D eigenvalue weighted by molar-refractivity contribution is -0.114. The van der Waals surface area contributed by atoms with Gasteiger partial charge in [-0.05, 0) is 37.1 Å². The third kappa shape index (κ3) is 4.78. The second-order valence-electron chi connectivity index (χ2n) is 6.47. The average molecular weight is 438 g/mol. The monoisotopic (exact) mass is 438 g/mol. The van der Waals surface area contributed by atoms with Gasteiger partial charge in [-0.25, -0.2) is 23.2 Å². The Labute approximate surface area is 173 Å². The molecule has 2 heterocycles. The van der Waals surface area contributed by atoms with Gasteiger partial charge < -0.3 is 15.2 Å². The molecule has 3 rings (SSSR count). The molecular formula is C18H18F2N5O4S-. The zero-order chi connectivity index (χ0) is 21.8. The van der Waals surface area contributed by atoms with E-state index in [1.807, 2.05) is 0 Å². The van der Waals surface area contributed by atoms with Gasteiger partial charge in [0.1, 0.15) is 22.9 Å². The van der Waals surface area contributed by atoms with Gasteiger partial charge in [-0.15, -0.1) is 0 Å². The summed E-state index contributed by atoms with van der Waals surface area (Å²) >= 11 is -2.86. The number of pyridine rings is 1. The van der Waals surface area contributed by atoms with E-state index >= 15 is 4.39 Å². The number of carbonyl (C=O) groups is 2. The van der Waals surface area contributed by atoms with Gasteiger partial charge in [0.25, 0.3) is 5.91 Å². The number of anilines is 3. The molecule has 1 aliphatic heterocycles. The summed E-state index contributed by atoms with van der Waals surface area (Å²) in [5.41, 5.74) is -1.24. The number of nitrogens with zero attached hydrogens (tertiary/aromatic N) is 3. The van der Waals surface area contributed by atoms with Gasteiger partial charge in [0.2, 0.25) is 5.91 Å². The van der Waals surface area contributed by atoms with Crippen LogP contribution in [-0.4, -0.2) is 43.7 Å². The molecule has 1 fully saturated rings. The fourth-order valence-corrected chi connectivity index (χ4v) is 3.68. The SMILES string of the molecule is CC(=O)Nc1ccc(NC(=O)c2c(F)ccc(N(N3CCCC3)S(=O)[O-])c2F)cn1. The number of halogens is 2. The van der Waals surface area contributed by atoms with E-state index in [4.69, 9.17) is 0 Å². The summed E-state index contributed by atoms with van der Waals surface area (Å²) in [4.78, 5) is 27.4. The number of hydrogen-bond donors (Lipinski definition) is 2. The maximum atomic E-state index is 15.1. The molecule has 2 aromatic rings. The second-order valence-corrected chi connectivity index (χ2v) is 7.25. The Balaban J connectivity index is 1.88. The number of benzene rings is 1. The molecule has 0 saturated carbocycles. The standard InChI is InChI=1S/C18H19F2N5O4S/c1-11(26)22-15-7-4-12(10-21-15)23-18(27)16-13(19)5-6-14(17(16)20)25(30(28)29)24-8-2-3-9-24/h4-7,10H,2-3,8-9H2,1H3,(H,23,27)(H,28,29)(H,21,22,26)/p-1. The average Bonchev–Trinajstić information content (AvgIpc) is 3.19. The molecule has 1 aromatic carbocycles. The molecule has 2 amide bonds. The van der Waals surface area contributed by atoms with Gasteiger partial charge in [-0.1, -0.05) is 0 Å². The Morgan fingerprint density at radius 1 is 1.17 bits per heavy atom. The van der Waals surface area contributed by atoms with Gasteiger partial charge in [0.15, 0.2) is 5.82 Å². The van der Waals surface area contributed by atoms with E-state index in [9.17, 15) is 22.7 Å². The molecule has 1 aliphatic rings. The summed E-state index contributed by atoms with van der Waals surface area (Å²) in [6.45, 7) is 2.08. The Morgan fingerprint density at radius 2 is 1.87 bits per heavy atom. The minimum Gasteiger partial charge on any atom is -0.754 e. The fraction of sp³-hybridized carbons (Fsp3) is 0.278. The van der Waals surface area contributed by atoms with Crippen LogP contribution in [0.15, 0.2) is 30.5 Å². The third-order valence-electron chi connectivity index (χ3n) is 4.31. The Hall–Kier alpha value is -2.96. The molecule has 0 spiro atoms. The van der Waals surface area contributed by atoms with Crippen LogP contribution in [-0.2, 0) is 16.1 Å². The number of nitrogens with one attached hydrogen (secondary N) is 2. The van der Waals surface area contributed by atoms with E-state index in [2.05, 4.69) is 15.6 Å². The van der Waals surface area contributed by atoms with Crippen LogP contribution in [0.2, 0.25) is 0 Å². The largest absolute Gasteiger partial charge is 0.754 e. The summed E-state index contributed by atoms with van der Waals surface area (Å²) in [5, 5.41) is 6.15. The molecule has 160 valence electrons. The molecule has 0 bridgehead atoms. The highest BCUT2D eigenvalue weighted by Gasteiger charge is 2.28.